The number of likely N-dealkylation sites (N-methyl/N-ethyl adjacent to an activating group) is 1. The summed E-state index contributed by atoms with van der Waals surface area (Å²) in [6.07, 6.45) is 3.22. The Morgan fingerprint density at radius 3 is 2.31 bits per heavy atom. The summed E-state index contributed by atoms with van der Waals surface area (Å²) in [6, 6.07) is 8.83. The summed E-state index contributed by atoms with van der Waals surface area (Å²) in [6.45, 7) is 6.35. The first-order chi connectivity index (χ1) is 7.86. The Balaban J connectivity index is 2.12. The molecular weight excluding hydrogens is 216 g/mol. The summed E-state index contributed by atoms with van der Waals surface area (Å²) in [5, 5.41) is 6.73. The van der Waals surface area contributed by atoms with Gasteiger partial charge in [-0.15, -0.1) is 11.8 Å². The zero-order chi connectivity index (χ0) is 11.6. The lowest BCUT2D eigenvalue weighted by Crippen LogP contribution is -2.28. The number of hydrogen-bond acceptors (Lipinski definition) is 3. The van der Waals surface area contributed by atoms with Gasteiger partial charge in [0, 0.05) is 18.0 Å². The molecule has 0 fully saturated rings. The number of benzene rings is 1. The van der Waals surface area contributed by atoms with Gasteiger partial charge in [0.2, 0.25) is 0 Å². The van der Waals surface area contributed by atoms with E-state index < -0.39 is 0 Å². The van der Waals surface area contributed by atoms with Crippen molar-refractivity contribution < 1.29 is 0 Å². The largest absolute Gasteiger partial charge is 0.316 e. The Labute approximate surface area is 103 Å². The Kier molecular flexibility index (Phi) is 7.30. The minimum atomic E-state index is 1.05. The highest BCUT2D eigenvalue weighted by Crippen LogP contribution is 2.14. The molecule has 0 radical (unpaired) electrons. The van der Waals surface area contributed by atoms with E-state index in [0.717, 1.165) is 32.6 Å². The Hall–Kier alpha value is -0.510. The molecule has 2 N–H and O–H groups in total. The van der Waals surface area contributed by atoms with Gasteiger partial charge in [-0.1, -0.05) is 19.1 Å². The summed E-state index contributed by atoms with van der Waals surface area (Å²) in [4.78, 5) is 1.34. The molecule has 0 bridgehead atoms. The minimum Gasteiger partial charge on any atom is -0.316 e. The van der Waals surface area contributed by atoms with Crippen LogP contribution in [0.2, 0.25) is 0 Å². The van der Waals surface area contributed by atoms with E-state index in [4.69, 9.17) is 0 Å². The second kappa shape index (κ2) is 8.62. The summed E-state index contributed by atoms with van der Waals surface area (Å²) >= 11 is 1.79. The van der Waals surface area contributed by atoms with Gasteiger partial charge in [0.25, 0.3) is 0 Å². The zero-order valence-electron chi connectivity index (χ0n) is 10.3. The molecule has 3 heteroatoms. The van der Waals surface area contributed by atoms with E-state index in [1.165, 1.54) is 10.5 Å². The van der Waals surface area contributed by atoms with Crippen LogP contribution in [-0.2, 0) is 6.42 Å². The maximum atomic E-state index is 3.43. The topological polar surface area (TPSA) is 24.1 Å². The molecule has 0 heterocycles. The van der Waals surface area contributed by atoms with Crippen molar-refractivity contribution >= 4 is 11.8 Å². The van der Waals surface area contributed by atoms with Crippen molar-refractivity contribution in [3.8, 4) is 0 Å². The van der Waals surface area contributed by atoms with Crippen LogP contribution in [0.5, 0.6) is 0 Å². The number of hydrogen-bond donors (Lipinski definition) is 2. The van der Waals surface area contributed by atoms with Gasteiger partial charge in [0.15, 0.2) is 0 Å². The highest BCUT2D eigenvalue weighted by Gasteiger charge is 1.93. The van der Waals surface area contributed by atoms with Crippen LogP contribution in [0.25, 0.3) is 0 Å². The van der Waals surface area contributed by atoms with E-state index in [2.05, 4.69) is 48.1 Å². The zero-order valence-corrected chi connectivity index (χ0v) is 11.1. The molecule has 16 heavy (non-hydrogen) atoms. The molecule has 0 saturated heterocycles. The van der Waals surface area contributed by atoms with Gasteiger partial charge in [-0.3, -0.25) is 0 Å². The summed E-state index contributed by atoms with van der Waals surface area (Å²) < 4.78 is 0. The first-order valence-electron chi connectivity index (χ1n) is 5.91. The fraction of sp³-hybridized carbons (Fsp3) is 0.538. The third kappa shape index (κ3) is 5.54. The molecular formula is C13H22N2S. The van der Waals surface area contributed by atoms with Gasteiger partial charge < -0.3 is 10.6 Å². The molecule has 1 aromatic carbocycles. The summed E-state index contributed by atoms with van der Waals surface area (Å²) in [5.74, 6) is 0. The molecule has 0 amide bonds. The van der Waals surface area contributed by atoms with E-state index in [0.29, 0.717) is 0 Å². The molecule has 90 valence electrons. The monoisotopic (exact) mass is 238 g/mol. The van der Waals surface area contributed by atoms with Gasteiger partial charge in [-0.25, -0.2) is 0 Å². The van der Waals surface area contributed by atoms with Gasteiger partial charge >= 0.3 is 0 Å². The smallest absolute Gasteiger partial charge is 0.00768 e. The maximum absolute atomic E-state index is 3.43. The lowest BCUT2D eigenvalue weighted by molar-refractivity contribution is 0.624. The normalized spacial score (nSPS) is 10.6. The fourth-order valence-corrected chi connectivity index (χ4v) is 1.91. The predicted octanol–water partition coefficient (Wildman–Crippen LogP) is 2.15. The predicted molar refractivity (Wildman–Crippen MR) is 73.3 cm³/mol. The second-order valence-electron chi connectivity index (χ2n) is 3.70. The van der Waals surface area contributed by atoms with Crippen LogP contribution in [0.15, 0.2) is 29.2 Å². The van der Waals surface area contributed by atoms with Crippen LogP contribution in [0, 0.1) is 0 Å². The number of nitrogens with one attached hydrogen (secondary N) is 2. The van der Waals surface area contributed by atoms with Crippen molar-refractivity contribution in [3.63, 3.8) is 0 Å². The molecule has 0 aromatic heterocycles. The first kappa shape index (κ1) is 13.6. The maximum Gasteiger partial charge on any atom is 0.00768 e. The van der Waals surface area contributed by atoms with Crippen LogP contribution in [0.4, 0.5) is 0 Å². The van der Waals surface area contributed by atoms with Crippen molar-refractivity contribution in [2.45, 2.75) is 18.2 Å². The van der Waals surface area contributed by atoms with Crippen LogP contribution in [0.3, 0.4) is 0 Å². The second-order valence-corrected chi connectivity index (χ2v) is 4.58. The fourth-order valence-electron chi connectivity index (χ4n) is 1.50. The van der Waals surface area contributed by atoms with E-state index in [-0.39, 0.29) is 0 Å². The Morgan fingerprint density at radius 1 is 1.00 bits per heavy atom. The SMILES string of the molecule is CCNCCNCCc1ccc(SC)cc1. The quantitative estimate of drug-likeness (QED) is 0.536. The standard InChI is InChI=1S/C13H22N2S/c1-3-14-10-11-15-9-8-12-4-6-13(16-2)7-5-12/h4-7,14-15H,3,8-11H2,1-2H3. The molecule has 1 aromatic rings. The van der Waals surface area contributed by atoms with Gasteiger partial charge in [0.1, 0.15) is 0 Å². The van der Waals surface area contributed by atoms with Crippen molar-refractivity contribution in [1.29, 1.82) is 0 Å². The van der Waals surface area contributed by atoms with Crippen LogP contribution >= 0.6 is 11.8 Å². The van der Waals surface area contributed by atoms with Gasteiger partial charge in [-0.2, -0.15) is 0 Å². The molecule has 1 rings (SSSR count). The lowest BCUT2D eigenvalue weighted by Gasteiger charge is -2.05. The van der Waals surface area contributed by atoms with Crippen molar-refractivity contribution in [2.24, 2.45) is 0 Å². The van der Waals surface area contributed by atoms with Crippen molar-refractivity contribution in [3.05, 3.63) is 29.8 Å². The molecule has 0 spiro atoms. The lowest BCUT2D eigenvalue weighted by atomic mass is 10.1. The average molecular weight is 238 g/mol. The highest BCUT2D eigenvalue weighted by molar-refractivity contribution is 7.98. The Morgan fingerprint density at radius 2 is 1.69 bits per heavy atom. The minimum absolute atomic E-state index is 1.05. The third-order valence-corrected chi connectivity index (χ3v) is 3.22. The van der Waals surface area contributed by atoms with Gasteiger partial charge in [0.05, 0.1) is 0 Å². The third-order valence-electron chi connectivity index (χ3n) is 2.48. The molecule has 2 nitrogen and oxygen atoms in total. The molecule has 0 unspecified atom stereocenters. The highest BCUT2D eigenvalue weighted by atomic mass is 32.2. The van der Waals surface area contributed by atoms with E-state index in [9.17, 15) is 0 Å². The summed E-state index contributed by atoms with van der Waals surface area (Å²) in [7, 11) is 0. The average Bonchev–Trinajstić information content (AvgIpc) is 2.34. The Bertz CT molecular complexity index is 272. The number of rotatable bonds is 8. The van der Waals surface area contributed by atoms with Crippen LogP contribution < -0.4 is 10.6 Å². The van der Waals surface area contributed by atoms with E-state index in [1.807, 2.05) is 0 Å². The molecule has 0 saturated carbocycles. The van der Waals surface area contributed by atoms with Crippen molar-refractivity contribution in [2.75, 3.05) is 32.4 Å². The van der Waals surface area contributed by atoms with E-state index in [1.54, 1.807) is 11.8 Å². The molecule has 0 aliphatic rings. The number of thioether (sulfide) groups is 1. The van der Waals surface area contributed by atoms with E-state index >= 15 is 0 Å². The molecule has 0 aliphatic carbocycles. The van der Waals surface area contributed by atoms with Crippen LogP contribution in [-0.4, -0.2) is 32.4 Å². The van der Waals surface area contributed by atoms with Gasteiger partial charge in [-0.05, 0) is 43.5 Å². The first-order valence-corrected chi connectivity index (χ1v) is 7.13. The van der Waals surface area contributed by atoms with Crippen LogP contribution in [0.1, 0.15) is 12.5 Å². The molecule has 0 atom stereocenters. The summed E-state index contributed by atoms with van der Waals surface area (Å²) in [5.41, 5.74) is 1.41. The van der Waals surface area contributed by atoms with Crippen molar-refractivity contribution in [1.82, 2.24) is 10.6 Å². The molecule has 0 aliphatic heterocycles.